The normalized spacial score (nSPS) is 10.2. The summed E-state index contributed by atoms with van der Waals surface area (Å²) in [5.74, 6) is 0.476. The van der Waals surface area contributed by atoms with Crippen LogP contribution < -0.4 is 0 Å². The molecule has 0 saturated heterocycles. The number of hydrogen-bond donors (Lipinski definition) is 1. The van der Waals surface area contributed by atoms with Crippen LogP contribution in [0.4, 0.5) is 0 Å². The van der Waals surface area contributed by atoms with Crippen LogP contribution in [-0.2, 0) is 4.65 Å². The summed E-state index contributed by atoms with van der Waals surface area (Å²) < 4.78 is 5.05. The lowest BCUT2D eigenvalue weighted by Gasteiger charge is -2.02. The van der Waals surface area contributed by atoms with Gasteiger partial charge in [-0.25, -0.2) is 0 Å². The summed E-state index contributed by atoms with van der Waals surface area (Å²) >= 11 is 0. The maximum atomic E-state index is 8.34. The molecule has 0 aromatic rings. The van der Waals surface area contributed by atoms with E-state index in [0.717, 1.165) is 6.42 Å². The lowest BCUT2D eigenvalue weighted by Crippen LogP contribution is -2.04. The second-order valence-electron chi connectivity index (χ2n) is 2.33. The number of hydrogen-bond acceptors (Lipinski definition) is 2. The summed E-state index contributed by atoms with van der Waals surface area (Å²) in [4.78, 5) is 0. The number of aliphatic hydroxyl groups excluding tert-OH is 1. The van der Waals surface area contributed by atoms with Gasteiger partial charge in [0.2, 0.25) is 0 Å². The first-order chi connectivity index (χ1) is 4.27. The molecular formula is C6H14BO2. The van der Waals surface area contributed by atoms with Crippen molar-refractivity contribution in [1.82, 2.24) is 0 Å². The molecule has 9 heavy (non-hydrogen) atoms. The minimum absolute atomic E-state index is 0.214. The Bertz CT molecular complexity index is 57.0. The summed E-state index contributed by atoms with van der Waals surface area (Å²) in [7, 11) is 1.79. The first kappa shape index (κ1) is 8.98. The predicted octanol–water partition coefficient (Wildman–Crippen LogP) is 0.833. The van der Waals surface area contributed by atoms with E-state index in [4.69, 9.17) is 9.76 Å². The largest absolute Gasteiger partial charge is 0.440 e. The van der Waals surface area contributed by atoms with Crippen molar-refractivity contribution in [2.24, 2.45) is 0 Å². The molecular weight excluding hydrogens is 115 g/mol. The van der Waals surface area contributed by atoms with E-state index in [0.29, 0.717) is 12.4 Å². The third-order valence-electron chi connectivity index (χ3n) is 0.789. The quantitative estimate of drug-likeness (QED) is 0.440. The van der Waals surface area contributed by atoms with Gasteiger partial charge >= 0.3 is 0 Å². The van der Waals surface area contributed by atoms with Gasteiger partial charge in [0.25, 0.3) is 7.48 Å². The third-order valence-corrected chi connectivity index (χ3v) is 0.789. The Morgan fingerprint density at radius 2 is 2.22 bits per heavy atom. The van der Waals surface area contributed by atoms with Gasteiger partial charge in [-0.2, -0.15) is 0 Å². The molecule has 0 amide bonds. The van der Waals surface area contributed by atoms with Gasteiger partial charge in [-0.15, -0.1) is 0 Å². The van der Waals surface area contributed by atoms with Crippen molar-refractivity contribution in [2.45, 2.75) is 26.1 Å². The van der Waals surface area contributed by atoms with Crippen LogP contribution in [0.25, 0.3) is 0 Å². The van der Waals surface area contributed by atoms with Crippen molar-refractivity contribution in [3.63, 3.8) is 0 Å². The Kier molecular flexibility index (Phi) is 6.10. The van der Waals surface area contributed by atoms with Crippen LogP contribution in [0.5, 0.6) is 0 Å². The van der Waals surface area contributed by atoms with Gasteiger partial charge in [0.05, 0.1) is 0 Å². The molecule has 0 aromatic heterocycles. The molecule has 2 nitrogen and oxygen atoms in total. The van der Waals surface area contributed by atoms with Gasteiger partial charge < -0.3 is 9.76 Å². The average molecular weight is 129 g/mol. The van der Waals surface area contributed by atoms with Crippen molar-refractivity contribution in [3.05, 3.63) is 0 Å². The molecule has 0 unspecified atom stereocenters. The lowest BCUT2D eigenvalue weighted by atomic mass is 9.84. The molecule has 0 aromatic carbocycles. The standard InChI is InChI=1S/C6H14BO2/c1-6(2)7-9-5-3-4-8/h6,8H,3-5H2,1-2H3. The molecule has 0 spiro atoms. The van der Waals surface area contributed by atoms with Gasteiger partial charge in [-0.3, -0.25) is 0 Å². The summed E-state index contributed by atoms with van der Waals surface area (Å²) in [6.07, 6.45) is 0.725. The zero-order chi connectivity index (χ0) is 7.11. The van der Waals surface area contributed by atoms with Gasteiger partial charge in [0.1, 0.15) is 0 Å². The van der Waals surface area contributed by atoms with E-state index in [9.17, 15) is 0 Å². The van der Waals surface area contributed by atoms with Crippen LogP contribution in [0, 0.1) is 0 Å². The van der Waals surface area contributed by atoms with Crippen molar-refractivity contribution in [2.75, 3.05) is 13.2 Å². The molecule has 0 saturated carbocycles. The zero-order valence-electron chi connectivity index (χ0n) is 6.13. The second-order valence-corrected chi connectivity index (χ2v) is 2.33. The monoisotopic (exact) mass is 129 g/mol. The summed E-state index contributed by atoms with van der Waals surface area (Å²) in [6, 6.07) is 0. The van der Waals surface area contributed by atoms with Gasteiger partial charge in [-0.05, 0) is 12.2 Å². The lowest BCUT2D eigenvalue weighted by molar-refractivity contribution is 0.237. The molecule has 0 atom stereocenters. The fraction of sp³-hybridized carbons (Fsp3) is 1.00. The van der Waals surface area contributed by atoms with Crippen LogP contribution in [0.15, 0.2) is 0 Å². The highest BCUT2D eigenvalue weighted by Gasteiger charge is 1.95. The molecule has 0 aliphatic heterocycles. The van der Waals surface area contributed by atoms with E-state index >= 15 is 0 Å². The molecule has 0 bridgehead atoms. The smallest absolute Gasteiger partial charge is 0.295 e. The molecule has 0 aliphatic rings. The Morgan fingerprint density at radius 3 is 2.67 bits per heavy atom. The number of rotatable bonds is 5. The molecule has 0 aliphatic carbocycles. The minimum atomic E-state index is 0.214. The molecule has 53 valence electrons. The summed E-state index contributed by atoms with van der Waals surface area (Å²) in [6.45, 7) is 4.96. The molecule has 1 N–H and O–H groups in total. The van der Waals surface area contributed by atoms with E-state index < -0.39 is 0 Å². The van der Waals surface area contributed by atoms with Crippen molar-refractivity contribution in [3.8, 4) is 0 Å². The fourth-order valence-corrected chi connectivity index (χ4v) is 0.408. The van der Waals surface area contributed by atoms with Crippen LogP contribution in [-0.4, -0.2) is 25.8 Å². The highest BCUT2D eigenvalue weighted by molar-refractivity contribution is 6.29. The molecule has 0 rings (SSSR count). The average Bonchev–Trinajstić information content (AvgIpc) is 1.80. The van der Waals surface area contributed by atoms with Gasteiger partial charge in [-0.1, -0.05) is 13.8 Å². The second kappa shape index (κ2) is 6.11. The Morgan fingerprint density at radius 1 is 1.56 bits per heavy atom. The summed E-state index contributed by atoms with van der Waals surface area (Å²) in [5.41, 5.74) is 0. The van der Waals surface area contributed by atoms with Crippen molar-refractivity contribution in [1.29, 1.82) is 0 Å². The van der Waals surface area contributed by atoms with E-state index in [1.165, 1.54) is 0 Å². The van der Waals surface area contributed by atoms with Crippen molar-refractivity contribution < 1.29 is 9.76 Å². The minimum Gasteiger partial charge on any atom is -0.440 e. The molecule has 1 radical (unpaired) electrons. The Balaban J connectivity index is 2.75. The maximum absolute atomic E-state index is 8.34. The van der Waals surface area contributed by atoms with Gasteiger partial charge in [0, 0.05) is 13.2 Å². The van der Waals surface area contributed by atoms with E-state index in [-0.39, 0.29) is 6.61 Å². The van der Waals surface area contributed by atoms with E-state index in [1.807, 2.05) is 0 Å². The highest BCUT2D eigenvalue weighted by Crippen LogP contribution is 1.96. The highest BCUT2D eigenvalue weighted by atomic mass is 16.4. The SMILES string of the molecule is CC(C)[B]OCCCO. The zero-order valence-corrected chi connectivity index (χ0v) is 6.13. The molecule has 3 heteroatoms. The van der Waals surface area contributed by atoms with Crippen LogP contribution in [0.1, 0.15) is 20.3 Å². The molecule has 0 fully saturated rings. The van der Waals surface area contributed by atoms with Crippen LogP contribution in [0.3, 0.4) is 0 Å². The molecule has 0 heterocycles. The van der Waals surface area contributed by atoms with Crippen LogP contribution in [0.2, 0.25) is 5.82 Å². The maximum Gasteiger partial charge on any atom is 0.295 e. The van der Waals surface area contributed by atoms with E-state index in [2.05, 4.69) is 13.8 Å². The fourth-order valence-electron chi connectivity index (χ4n) is 0.408. The van der Waals surface area contributed by atoms with Crippen LogP contribution >= 0.6 is 0 Å². The number of aliphatic hydroxyl groups is 1. The van der Waals surface area contributed by atoms with Gasteiger partial charge in [0.15, 0.2) is 0 Å². The Labute approximate surface area is 57.5 Å². The van der Waals surface area contributed by atoms with Crippen molar-refractivity contribution >= 4 is 7.48 Å². The van der Waals surface area contributed by atoms with E-state index in [1.54, 1.807) is 7.48 Å². The first-order valence-electron chi connectivity index (χ1n) is 3.33. The third kappa shape index (κ3) is 7.98. The predicted molar refractivity (Wildman–Crippen MR) is 38.5 cm³/mol. The summed E-state index contributed by atoms with van der Waals surface area (Å²) in [5, 5.41) is 8.34. The first-order valence-corrected chi connectivity index (χ1v) is 3.33. The topological polar surface area (TPSA) is 29.5 Å². The Hall–Kier alpha value is -0.0151.